The van der Waals surface area contributed by atoms with Crippen LogP contribution in [0, 0.1) is 0 Å². The van der Waals surface area contributed by atoms with Gasteiger partial charge in [0.15, 0.2) is 0 Å². The van der Waals surface area contributed by atoms with Gasteiger partial charge >= 0.3 is 18.1 Å². The molecule has 1 heterocycles. The number of benzene rings is 3. The second-order valence-electron chi connectivity index (χ2n) is 6.55. The summed E-state index contributed by atoms with van der Waals surface area (Å²) in [5.41, 5.74) is 0.0618. The summed E-state index contributed by atoms with van der Waals surface area (Å²) >= 11 is 0. The number of hydrogen-bond donors (Lipinski definition) is 1. The van der Waals surface area contributed by atoms with E-state index in [-0.39, 0.29) is 22.4 Å². The van der Waals surface area contributed by atoms with E-state index < -0.39 is 29.6 Å². The Morgan fingerprint density at radius 2 is 1.67 bits per heavy atom. The van der Waals surface area contributed by atoms with Gasteiger partial charge in [-0.15, -0.1) is 0 Å². The molecule has 0 saturated heterocycles. The summed E-state index contributed by atoms with van der Waals surface area (Å²) in [4.78, 5) is 36.2. The molecule has 0 saturated carbocycles. The molecule has 150 valence electrons. The smallest absolute Gasteiger partial charge is 0.386 e. The second kappa shape index (κ2) is 7.14. The summed E-state index contributed by atoms with van der Waals surface area (Å²) in [6.07, 6.45) is -2.14. The van der Waals surface area contributed by atoms with Crippen LogP contribution in [-0.2, 0) is 15.7 Å². The van der Waals surface area contributed by atoms with Gasteiger partial charge in [0.25, 0.3) is 0 Å². The number of hydrogen-bond acceptors (Lipinski definition) is 4. The predicted molar refractivity (Wildman–Crippen MR) is 103 cm³/mol. The third-order valence-corrected chi connectivity index (χ3v) is 4.51. The van der Waals surface area contributed by atoms with E-state index in [0.29, 0.717) is 10.8 Å². The third-order valence-electron chi connectivity index (χ3n) is 4.51. The molecular formula is C22H12F3NO4. The first-order valence-electron chi connectivity index (χ1n) is 8.72. The summed E-state index contributed by atoms with van der Waals surface area (Å²) in [7, 11) is 0. The van der Waals surface area contributed by atoms with Gasteiger partial charge in [0.1, 0.15) is 0 Å². The van der Waals surface area contributed by atoms with Crippen LogP contribution in [0.25, 0.3) is 16.8 Å². The summed E-state index contributed by atoms with van der Waals surface area (Å²) in [5.74, 6) is -2.16. The first-order valence-corrected chi connectivity index (χ1v) is 8.72. The lowest BCUT2D eigenvalue weighted by molar-refractivity contribution is -0.137. The number of carbonyl (C=O) groups is 3. The largest absolute Gasteiger partial charge is 0.416 e. The Morgan fingerprint density at radius 1 is 0.933 bits per heavy atom. The van der Waals surface area contributed by atoms with Crippen molar-refractivity contribution in [2.75, 3.05) is 5.32 Å². The van der Waals surface area contributed by atoms with Gasteiger partial charge in [0.2, 0.25) is 5.91 Å². The van der Waals surface area contributed by atoms with E-state index in [1.54, 1.807) is 18.2 Å². The average Bonchev–Trinajstić information content (AvgIpc) is 2.70. The van der Waals surface area contributed by atoms with E-state index >= 15 is 0 Å². The topological polar surface area (TPSA) is 72.5 Å². The number of alkyl halides is 3. The molecule has 0 radical (unpaired) electrons. The molecule has 0 aliphatic carbocycles. The monoisotopic (exact) mass is 411 g/mol. The minimum Gasteiger partial charge on any atom is -0.386 e. The van der Waals surface area contributed by atoms with Gasteiger partial charge in [0.05, 0.1) is 16.7 Å². The van der Waals surface area contributed by atoms with Crippen LogP contribution in [0.3, 0.4) is 0 Å². The van der Waals surface area contributed by atoms with Gasteiger partial charge in [-0.3, -0.25) is 4.79 Å². The van der Waals surface area contributed by atoms with Crippen LogP contribution < -0.4 is 5.32 Å². The van der Waals surface area contributed by atoms with Gasteiger partial charge in [0, 0.05) is 17.1 Å². The highest BCUT2D eigenvalue weighted by molar-refractivity contribution is 6.21. The molecule has 8 heteroatoms. The maximum absolute atomic E-state index is 12.8. The second-order valence-corrected chi connectivity index (χ2v) is 6.55. The van der Waals surface area contributed by atoms with Gasteiger partial charge in [-0.05, 0) is 47.4 Å². The fourth-order valence-corrected chi connectivity index (χ4v) is 3.20. The Kier molecular flexibility index (Phi) is 4.62. The normalized spacial score (nSPS) is 13.6. The molecule has 3 aromatic carbocycles. The first-order chi connectivity index (χ1) is 14.2. The maximum Gasteiger partial charge on any atom is 0.416 e. The lowest BCUT2D eigenvalue weighted by Crippen LogP contribution is -2.20. The van der Waals surface area contributed by atoms with E-state index in [1.807, 2.05) is 0 Å². The lowest BCUT2D eigenvalue weighted by Gasteiger charge is -2.16. The fraction of sp³-hybridized carbons (Fsp3) is 0.0455. The van der Waals surface area contributed by atoms with E-state index in [4.69, 9.17) is 4.74 Å². The third kappa shape index (κ3) is 3.67. The molecule has 0 fully saturated rings. The number of carbonyl (C=O) groups excluding carboxylic acids is 3. The quantitative estimate of drug-likeness (QED) is 0.381. The maximum atomic E-state index is 12.8. The number of ether oxygens (including phenoxy) is 1. The molecule has 0 spiro atoms. The zero-order valence-corrected chi connectivity index (χ0v) is 15.1. The van der Waals surface area contributed by atoms with Crippen molar-refractivity contribution in [1.82, 2.24) is 0 Å². The van der Waals surface area contributed by atoms with Crippen LogP contribution in [0.15, 0.2) is 60.7 Å². The molecule has 0 atom stereocenters. The van der Waals surface area contributed by atoms with Crippen molar-refractivity contribution in [3.63, 3.8) is 0 Å². The van der Waals surface area contributed by atoms with Gasteiger partial charge in [-0.25, -0.2) is 9.59 Å². The summed E-state index contributed by atoms with van der Waals surface area (Å²) < 4.78 is 43.1. The number of esters is 2. The van der Waals surface area contributed by atoms with Gasteiger partial charge < -0.3 is 10.1 Å². The van der Waals surface area contributed by atoms with E-state index in [9.17, 15) is 27.6 Å². The molecular weight excluding hydrogens is 399 g/mol. The Balaban J connectivity index is 1.60. The molecule has 1 N–H and O–H groups in total. The molecule has 4 rings (SSSR count). The molecule has 5 nitrogen and oxygen atoms in total. The standard InChI is InChI=1S/C22H12F3NO4/c23-22(24,25)14-5-1-3-12(9-14)7-8-18(27)26-15-10-13-4-2-6-16-19(13)17(11-15)21(29)30-20(16)28/h1-11H,(H,26,27)/b8-7+. The van der Waals surface area contributed by atoms with Crippen LogP contribution in [0.5, 0.6) is 0 Å². The summed E-state index contributed by atoms with van der Waals surface area (Å²) in [5, 5.41) is 3.56. The van der Waals surface area contributed by atoms with Crippen molar-refractivity contribution in [3.05, 3.63) is 82.9 Å². The van der Waals surface area contributed by atoms with Crippen molar-refractivity contribution in [1.29, 1.82) is 0 Å². The molecule has 1 aliphatic rings. The van der Waals surface area contributed by atoms with Crippen molar-refractivity contribution in [2.45, 2.75) is 6.18 Å². The highest BCUT2D eigenvalue weighted by Gasteiger charge is 2.30. The Labute approximate surface area is 167 Å². The zero-order chi connectivity index (χ0) is 21.5. The molecule has 30 heavy (non-hydrogen) atoms. The number of rotatable bonds is 3. The van der Waals surface area contributed by atoms with Crippen molar-refractivity contribution in [2.24, 2.45) is 0 Å². The van der Waals surface area contributed by atoms with Crippen molar-refractivity contribution < 1.29 is 32.3 Å². The highest BCUT2D eigenvalue weighted by Crippen LogP contribution is 2.32. The van der Waals surface area contributed by atoms with E-state index in [0.717, 1.165) is 18.2 Å². The minimum atomic E-state index is -4.48. The van der Waals surface area contributed by atoms with Crippen LogP contribution in [0.4, 0.5) is 18.9 Å². The molecule has 1 aliphatic heterocycles. The van der Waals surface area contributed by atoms with Crippen molar-refractivity contribution >= 4 is 40.4 Å². The SMILES string of the molecule is O=C(/C=C/c1cccc(C(F)(F)F)c1)Nc1cc2c3c(cccc3c1)C(=O)OC2=O. The summed E-state index contributed by atoms with van der Waals surface area (Å²) in [6, 6.07) is 12.4. The number of nitrogens with one attached hydrogen (secondary N) is 1. The van der Waals surface area contributed by atoms with Crippen LogP contribution in [0.2, 0.25) is 0 Å². The number of amides is 1. The molecule has 0 aromatic heterocycles. The number of halogens is 3. The molecule has 0 unspecified atom stereocenters. The van der Waals surface area contributed by atoms with Gasteiger partial charge in [-0.1, -0.05) is 24.3 Å². The summed E-state index contributed by atoms with van der Waals surface area (Å²) in [6.45, 7) is 0. The Bertz CT molecular complexity index is 1240. The predicted octanol–water partition coefficient (Wildman–Crippen LogP) is 4.82. The number of anilines is 1. The van der Waals surface area contributed by atoms with Crippen molar-refractivity contribution in [3.8, 4) is 0 Å². The highest BCUT2D eigenvalue weighted by atomic mass is 19.4. The molecule has 3 aromatic rings. The van der Waals surface area contributed by atoms with Crippen LogP contribution >= 0.6 is 0 Å². The minimum absolute atomic E-state index is 0.139. The number of cyclic esters (lactones) is 2. The van der Waals surface area contributed by atoms with Crippen LogP contribution in [0.1, 0.15) is 31.8 Å². The Morgan fingerprint density at radius 3 is 2.43 bits per heavy atom. The van der Waals surface area contributed by atoms with Gasteiger partial charge in [-0.2, -0.15) is 13.2 Å². The fourth-order valence-electron chi connectivity index (χ4n) is 3.20. The van der Waals surface area contributed by atoms with Crippen LogP contribution in [-0.4, -0.2) is 17.8 Å². The molecule has 1 amide bonds. The lowest BCUT2D eigenvalue weighted by atomic mass is 9.96. The molecule has 0 bridgehead atoms. The first kappa shape index (κ1) is 19.4. The average molecular weight is 411 g/mol. The Hall–Kier alpha value is -3.94. The van der Waals surface area contributed by atoms with E-state index in [1.165, 1.54) is 30.3 Å². The van der Waals surface area contributed by atoms with E-state index in [2.05, 4.69) is 5.32 Å². The zero-order valence-electron chi connectivity index (χ0n) is 15.1.